The molecule has 7 heteroatoms. The lowest BCUT2D eigenvalue weighted by molar-refractivity contribution is -0.124. The summed E-state index contributed by atoms with van der Waals surface area (Å²) in [5, 5.41) is 21.4. The Morgan fingerprint density at radius 2 is 1.78 bits per heavy atom. The molecular weight excluding hydrogens is 486 g/mol. The Balaban J connectivity index is 1.70. The molecule has 0 spiro atoms. The van der Waals surface area contributed by atoms with Crippen molar-refractivity contribution in [2.45, 2.75) is 92.1 Å². The molecule has 204 valence electrons. The summed E-state index contributed by atoms with van der Waals surface area (Å²) in [4.78, 5) is 26.9. The van der Waals surface area contributed by atoms with Crippen LogP contribution in [0, 0.1) is 5.41 Å². The Hall–Kier alpha value is -2.22. The first-order valence-electron chi connectivity index (χ1n) is 13.6. The van der Waals surface area contributed by atoms with Crippen molar-refractivity contribution in [2.24, 2.45) is 5.41 Å². The van der Waals surface area contributed by atoms with Gasteiger partial charge in [-0.2, -0.15) is 0 Å². The maximum Gasteiger partial charge on any atom is 0.245 e. The number of carbonyl (C=O) groups is 2. The van der Waals surface area contributed by atoms with E-state index in [9.17, 15) is 14.7 Å². The fourth-order valence-corrected chi connectivity index (χ4v) is 6.42. The van der Waals surface area contributed by atoms with Gasteiger partial charge in [-0.25, -0.2) is 0 Å². The van der Waals surface area contributed by atoms with Gasteiger partial charge in [0.2, 0.25) is 5.91 Å². The standard InChI is InChI=1S/C30H43NO5S/c1-6-20-13-19(14-21(7-2)28(20)36-18-22(33)16-31-27(35)17-32)9-10-25(34)29-23-11-12-30(4,5)15-24(23)26(8-3)37-29/h13-14,22,32-33H,6-12,15-18H2,1-5H3,(H,31,35). The summed E-state index contributed by atoms with van der Waals surface area (Å²) in [6.45, 7) is 10.4. The van der Waals surface area contributed by atoms with Crippen LogP contribution >= 0.6 is 11.3 Å². The molecule has 1 aliphatic carbocycles. The van der Waals surface area contributed by atoms with Crippen molar-refractivity contribution >= 4 is 23.0 Å². The minimum absolute atomic E-state index is 0.0200. The van der Waals surface area contributed by atoms with Gasteiger partial charge in [-0.1, -0.05) is 46.8 Å². The molecule has 37 heavy (non-hydrogen) atoms. The lowest BCUT2D eigenvalue weighted by Crippen LogP contribution is -2.36. The van der Waals surface area contributed by atoms with Crippen molar-refractivity contribution in [1.29, 1.82) is 0 Å². The second-order valence-electron chi connectivity index (χ2n) is 10.8. The monoisotopic (exact) mass is 529 g/mol. The van der Waals surface area contributed by atoms with Crippen molar-refractivity contribution < 1.29 is 24.5 Å². The molecule has 6 nitrogen and oxygen atoms in total. The van der Waals surface area contributed by atoms with E-state index < -0.39 is 18.6 Å². The topological polar surface area (TPSA) is 95.9 Å². The highest BCUT2D eigenvalue weighted by molar-refractivity contribution is 7.14. The lowest BCUT2D eigenvalue weighted by Gasteiger charge is -2.30. The number of aryl methyl sites for hydroxylation is 4. The second kappa shape index (κ2) is 13.0. The smallest absolute Gasteiger partial charge is 0.245 e. The zero-order chi connectivity index (χ0) is 27.2. The lowest BCUT2D eigenvalue weighted by atomic mass is 9.74. The summed E-state index contributed by atoms with van der Waals surface area (Å²) in [5.74, 6) is 0.500. The third-order valence-corrected chi connectivity index (χ3v) is 8.74. The zero-order valence-corrected chi connectivity index (χ0v) is 23.9. The number of thiophene rings is 1. The van der Waals surface area contributed by atoms with E-state index in [2.05, 4.69) is 52.1 Å². The summed E-state index contributed by atoms with van der Waals surface area (Å²) in [7, 11) is 0. The van der Waals surface area contributed by atoms with E-state index in [4.69, 9.17) is 9.84 Å². The molecule has 1 aliphatic rings. The molecule has 1 atom stereocenters. The number of aliphatic hydroxyl groups excluding tert-OH is 2. The number of rotatable bonds is 13. The highest BCUT2D eigenvalue weighted by atomic mass is 32.1. The molecule has 0 bridgehead atoms. The molecular formula is C30H43NO5S. The number of aliphatic hydroxyl groups is 2. The molecule has 2 aromatic rings. The van der Waals surface area contributed by atoms with E-state index in [0.29, 0.717) is 18.3 Å². The van der Waals surface area contributed by atoms with Gasteiger partial charge in [0, 0.05) is 17.8 Å². The molecule has 0 saturated heterocycles. The second-order valence-corrected chi connectivity index (χ2v) is 11.9. The van der Waals surface area contributed by atoms with Gasteiger partial charge in [0.15, 0.2) is 5.78 Å². The molecule has 1 aromatic heterocycles. The van der Waals surface area contributed by atoms with Crippen LogP contribution in [0.25, 0.3) is 0 Å². The molecule has 0 saturated carbocycles. The van der Waals surface area contributed by atoms with Crippen LogP contribution in [0.1, 0.15) is 89.8 Å². The highest BCUT2D eigenvalue weighted by Crippen LogP contribution is 2.42. The van der Waals surface area contributed by atoms with E-state index in [1.165, 1.54) is 16.0 Å². The average molecular weight is 530 g/mol. The molecule has 1 aromatic carbocycles. The Bertz CT molecular complexity index is 1080. The molecule has 0 radical (unpaired) electrons. The first-order chi connectivity index (χ1) is 17.6. The van der Waals surface area contributed by atoms with Crippen LogP contribution in [-0.4, -0.2) is 47.8 Å². The minimum atomic E-state index is -0.877. The van der Waals surface area contributed by atoms with E-state index in [-0.39, 0.29) is 18.9 Å². The molecule has 1 amide bonds. The van der Waals surface area contributed by atoms with E-state index in [1.54, 1.807) is 11.3 Å². The van der Waals surface area contributed by atoms with Gasteiger partial charge in [0.25, 0.3) is 0 Å². The van der Waals surface area contributed by atoms with Gasteiger partial charge in [0.05, 0.1) is 4.88 Å². The number of ether oxygens (including phenoxy) is 1. The van der Waals surface area contributed by atoms with Crippen molar-refractivity contribution in [1.82, 2.24) is 5.32 Å². The van der Waals surface area contributed by atoms with Gasteiger partial charge < -0.3 is 20.3 Å². The normalized spacial score (nSPS) is 15.2. The fourth-order valence-electron chi connectivity index (χ4n) is 5.14. The predicted octanol–water partition coefficient (Wildman–Crippen LogP) is 4.61. The number of amides is 1. The molecule has 1 unspecified atom stereocenters. The number of Topliss-reactive ketones (excluding diaryl/α,β-unsaturated/α-hetero) is 1. The molecule has 0 aliphatic heterocycles. The number of nitrogens with one attached hydrogen (secondary N) is 1. The van der Waals surface area contributed by atoms with Gasteiger partial charge in [-0.05, 0) is 78.2 Å². The first kappa shape index (κ1) is 29.3. The SMILES string of the molecule is CCc1cc(CCC(=O)c2sc(CC)c3c2CCC(C)(C)C3)cc(CC)c1OCC(O)CNC(=O)CO. The van der Waals surface area contributed by atoms with Crippen molar-refractivity contribution in [3.63, 3.8) is 0 Å². The van der Waals surface area contributed by atoms with Crippen molar-refractivity contribution in [3.05, 3.63) is 49.7 Å². The highest BCUT2D eigenvalue weighted by Gasteiger charge is 2.31. The zero-order valence-electron chi connectivity index (χ0n) is 23.0. The van der Waals surface area contributed by atoms with E-state index in [1.807, 2.05) is 0 Å². The number of ketones is 1. The minimum Gasteiger partial charge on any atom is -0.490 e. The molecule has 3 rings (SSSR count). The number of benzene rings is 1. The number of carbonyl (C=O) groups excluding carboxylic acids is 2. The van der Waals surface area contributed by atoms with Gasteiger partial charge in [-0.3, -0.25) is 9.59 Å². The summed E-state index contributed by atoms with van der Waals surface area (Å²) < 4.78 is 5.99. The number of hydrogen-bond acceptors (Lipinski definition) is 6. The van der Waals surface area contributed by atoms with Gasteiger partial charge in [0.1, 0.15) is 25.1 Å². The van der Waals surface area contributed by atoms with Crippen LogP contribution in [0.4, 0.5) is 0 Å². The Kier molecular flexibility index (Phi) is 10.3. The van der Waals surface area contributed by atoms with Gasteiger partial charge >= 0.3 is 0 Å². The number of fused-ring (bicyclic) bond motifs is 1. The van der Waals surface area contributed by atoms with E-state index >= 15 is 0 Å². The summed E-state index contributed by atoms with van der Waals surface area (Å²) in [5.41, 5.74) is 6.29. The van der Waals surface area contributed by atoms with Crippen LogP contribution in [-0.2, 0) is 43.3 Å². The van der Waals surface area contributed by atoms with Crippen LogP contribution in [0.15, 0.2) is 12.1 Å². The summed E-state index contributed by atoms with van der Waals surface area (Å²) >= 11 is 1.72. The quantitative estimate of drug-likeness (QED) is 0.329. The summed E-state index contributed by atoms with van der Waals surface area (Å²) in [6, 6.07) is 4.23. The van der Waals surface area contributed by atoms with Crippen molar-refractivity contribution in [3.8, 4) is 5.75 Å². The third-order valence-electron chi connectivity index (χ3n) is 7.29. The number of hydrogen-bond donors (Lipinski definition) is 3. The third kappa shape index (κ3) is 7.43. The Morgan fingerprint density at radius 3 is 2.38 bits per heavy atom. The van der Waals surface area contributed by atoms with Crippen LogP contribution in [0.2, 0.25) is 0 Å². The molecule has 0 fully saturated rings. The molecule has 1 heterocycles. The first-order valence-corrected chi connectivity index (χ1v) is 14.4. The van der Waals surface area contributed by atoms with Crippen LogP contribution in [0.5, 0.6) is 5.75 Å². The average Bonchev–Trinajstić information content (AvgIpc) is 3.25. The Morgan fingerprint density at radius 1 is 1.11 bits per heavy atom. The maximum atomic E-state index is 13.4. The summed E-state index contributed by atoms with van der Waals surface area (Å²) in [6.07, 6.45) is 6.04. The van der Waals surface area contributed by atoms with Crippen LogP contribution < -0.4 is 10.1 Å². The van der Waals surface area contributed by atoms with Gasteiger partial charge in [-0.15, -0.1) is 11.3 Å². The molecule has 3 N–H and O–H groups in total. The van der Waals surface area contributed by atoms with Crippen LogP contribution in [0.3, 0.4) is 0 Å². The van der Waals surface area contributed by atoms with E-state index in [0.717, 1.165) is 65.8 Å². The predicted molar refractivity (Wildman–Crippen MR) is 149 cm³/mol. The maximum absolute atomic E-state index is 13.4. The fraction of sp³-hybridized carbons (Fsp3) is 0.600. The largest absolute Gasteiger partial charge is 0.490 e. The van der Waals surface area contributed by atoms with Crippen molar-refractivity contribution in [2.75, 3.05) is 19.8 Å². The Labute approximate surface area is 225 Å².